The molecule has 0 aromatic heterocycles. The molecule has 1 aromatic carbocycles. The molecule has 0 fully saturated rings. The number of guanidine groups is 1. The van der Waals surface area contributed by atoms with Gasteiger partial charge in [0.1, 0.15) is 6.61 Å². The van der Waals surface area contributed by atoms with E-state index in [1.54, 1.807) is 7.11 Å². The number of rotatable bonds is 9. The summed E-state index contributed by atoms with van der Waals surface area (Å²) in [5, 5.41) is 11.9. The number of aliphatic hydroxyl groups excluding tert-OH is 1. The molecule has 0 aliphatic rings. The fourth-order valence-electron chi connectivity index (χ4n) is 1.81. The molecule has 0 heterocycles. The third-order valence-electron chi connectivity index (χ3n) is 3.04. The van der Waals surface area contributed by atoms with Gasteiger partial charge < -0.3 is 25.6 Å². The van der Waals surface area contributed by atoms with Gasteiger partial charge in [-0.2, -0.15) is 0 Å². The molecule has 0 saturated heterocycles. The van der Waals surface area contributed by atoms with Crippen molar-refractivity contribution in [1.29, 1.82) is 0 Å². The molecular weight excluding hydrogens is 409 g/mol. The van der Waals surface area contributed by atoms with E-state index in [4.69, 9.17) is 20.3 Å². The second kappa shape index (κ2) is 12.2. The molecule has 23 heavy (non-hydrogen) atoms. The van der Waals surface area contributed by atoms with Gasteiger partial charge in [0.15, 0.2) is 17.5 Å². The Bertz CT molecular complexity index is 482. The number of hydrogen-bond donors (Lipinski definition) is 3. The van der Waals surface area contributed by atoms with Gasteiger partial charge in [-0.3, -0.25) is 0 Å². The monoisotopic (exact) mass is 437 g/mol. The fourth-order valence-corrected chi connectivity index (χ4v) is 1.81. The molecular formula is C16H28IN3O3. The number of methoxy groups -OCH3 is 1. The standard InChI is InChI=1S/C16H27N3O3.HI/c1-12(2)6-7-18-16(17)19-11-13-4-5-14(22-9-8-20)15(10-13)21-3;/h4-5,10,12,20H,6-9,11H2,1-3H3,(H3,17,18,19);1H. The lowest BCUT2D eigenvalue weighted by Crippen LogP contribution is -2.32. The van der Waals surface area contributed by atoms with Crippen molar-refractivity contribution < 1.29 is 14.6 Å². The Morgan fingerprint density at radius 2 is 2.09 bits per heavy atom. The van der Waals surface area contributed by atoms with E-state index in [9.17, 15) is 0 Å². The van der Waals surface area contributed by atoms with Gasteiger partial charge >= 0.3 is 0 Å². The molecule has 0 saturated carbocycles. The lowest BCUT2D eigenvalue weighted by Gasteiger charge is -2.11. The highest BCUT2D eigenvalue weighted by molar-refractivity contribution is 14.0. The van der Waals surface area contributed by atoms with Crippen molar-refractivity contribution >= 4 is 29.9 Å². The van der Waals surface area contributed by atoms with Crippen LogP contribution >= 0.6 is 24.0 Å². The van der Waals surface area contributed by atoms with Crippen molar-refractivity contribution in [1.82, 2.24) is 5.32 Å². The number of nitrogens with zero attached hydrogens (tertiary/aromatic N) is 1. The van der Waals surface area contributed by atoms with E-state index in [1.165, 1.54) is 0 Å². The maximum absolute atomic E-state index is 8.79. The molecule has 0 aliphatic heterocycles. The zero-order valence-corrected chi connectivity index (χ0v) is 16.4. The van der Waals surface area contributed by atoms with Gasteiger partial charge in [0.25, 0.3) is 0 Å². The minimum atomic E-state index is -0.0339. The van der Waals surface area contributed by atoms with Gasteiger partial charge in [0.05, 0.1) is 20.3 Å². The van der Waals surface area contributed by atoms with Crippen LogP contribution in [0.5, 0.6) is 11.5 Å². The van der Waals surface area contributed by atoms with Crippen LogP contribution in [-0.4, -0.2) is 37.9 Å². The van der Waals surface area contributed by atoms with Crippen LogP contribution in [0, 0.1) is 5.92 Å². The summed E-state index contributed by atoms with van der Waals surface area (Å²) in [6.45, 7) is 5.83. The highest BCUT2D eigenvalue weighted by Crippen LogP contribution is 2.28. The normalized spacial score (nSPS) is 11.1. The summed E-state index contributed by atoms with van der Waals surface area (Å²) >= 11 is 0. The number of hydrogen-bond acceptors (Lipinski definition) is 4. The first-order chi connectivity index (χ1) is 10.6. The van der Waals surface area contributed by atoms with Crippen molar-refractivity contribution in [3.8, 4) is 11.5 Å². The number of halogens is 1. The Balaban J connectivity index is 0.00000484. The van der Waals surface area contributed by atoms with E-state index in [1.807, 2.05) is 18.2 Å². The quantitative estimate of drug-likeness (QED) is 0.313. The molecule has 4 N–H and O–H groups in total. The SMILES string of the molecule is COc1cc(CN=C(N)NCCC(C)C)ccc1OCCO.I. The molecule has 6 nitrogen and oxygen atoms in total. The summed E-state index contributed by atoms with van der Waals surface area (Å²) in [5.74, 6) is 2.30. The second-order valence-corrected chi connectivity index (χ2v) is 5.37. The average molecular weight is 437 g/mol. The Morgan fingerprint density at radius 1 is 1.35 bits per heavy atom. The van der Waals surface area contributed by atoms with Crippen molar-refractivity contribution in [2.75, 3.05) is 26.9 Å². The maximum atomic E-state index is 8.79. The molecule has 0 bridgehead atoms. The van der Waals surface area contributed by atoms with Crippen LogP contribution in [0.15, 0.2) is 23.2 Å². The summed E-state index contributed by atoms with van der Waals surface area (Å²) in [7, 11) is 1.58. The summed E-state index contributed by atoms with van der Waals surface area (Å²) in [4.78, 5) is 4.31. The minimum Gasteiger partial charge on any atom is -0.493 e. The lowest BCUT2D eigenvalue weighted by molar-refractivity contribution is 0.196. The van der Waals surface area contributed by atoms with Gasteiger partial charge in [-0.25, -0.2) is 4.99 Å². The lowest BCUT2D eigenvalue weighted by atomic mass is 10.1. The largest absolute Gasteiger partial charge is 0.493 e. The zero-order chi connectivity index (χ0) is 16.4. The van der Waals surface area contributed by atoms with Crippen LogP contribution in [0.4, 0.5) is 0 Å². The maximum Gasteiger partial charge on any atom is 0.188 e. The van der Waals surface area contributed by atoms with E-state index in [-0.39, 0.29) is 37.2 Å². The van der Waals surface area contributed by atoms with Gasteiger partial charge in [-0.1, -0.05) is 19.9 Å². The molecule has 0 spiro atoms. The Labute approximate surface area is 155 Å². The minimum absolute atomic E-state index is 0. The Morgan fingerprint density at radius 3 is 2.70 bits per heavy atom. The summed E-state index contributed by atoms with van der Waals surface area (Å²) in [6.07, 6.45) is 1.06. The topological polar surface area (TPSA) is 89.1 Å². The van der Waals surface area contributed by atoms with Crippen molar-refractivity contribution in [3.05, 3.63) is 23.8 Å². The smallest absolute Gasteiger partial charge is 0.188 e. The average Bonchev–Trinajstić information content (AvgIpc) is 2.50. The number of nitrogens with two attached hydrogens (primary N) is 1. The molecule has 1 aromatic rings. The summed E-state index contributed by atoms with van der Waals surface area (Å²) in [6, 6.07) is 5.57. The first-order valence-electron chi connectivity index (χ1n) is 7.51. The molecule has 0 unspecified atom stereocenters. The first kappa shape index (κ1) is 21.8. The molecule has 0 radical (unpaired) electrons. The van der Waals surface area contributed by atoms with Gasteiger partial charge in [-0.15, -0.1) is 24.0 Å². The zero-order valence-electron chi connectivity index (χ0n) is 14.0. The molecule has 0 amide bonds. The van der Waals surface area contributed by atoms with Crippen LogP contribution < -0.4 is 20.5 Å². The summed E-state index contributed by atoms with van der Waals surface area (Å²) in [5.41, 5.74) is 6.80. The van der Waals surface area contributed by atoms with Gasteiger partial charge in [0.2, 0.25) is 0 Å². The van der Waals surface area contributed by atoms with E-state index in [0.717, 1.165) is 18.5 Å². The predicted molar refractivity (Wildman–Crippen MR) is 104 cm³/mol. The van der Waals surface area contributed by atoms with E-state index >= 15 is 0 Å². The van der Waals surface area contributed by atoms with Gasteiger partial charge in [0, 0.05) is 6.54 Å². The van der Waals surface area contributed by atoms with E-state index < -0.39 is 0 Å². The van der Waals surface area contributed by atoms with Crippen LogP contribution in [-0.2, 0) is 6.54 Å². The van der Waals surface area contributed by atoms with Crippen LogP contribution in [0.2, 0.25) is 0 Å². The summed E-state index contributed by atoms with van der Waals surface area (Å²) < 4.78 is 10.7. The van der Waals surface area contributed by atoms with Crippen LogP contribution in [0.3, 0.4) is 0 Å². The van der Waals surface area contributed by atoms with E-state index in [2.05, 4.69) is 24.2 Å². The Hall–Kier alpha value is -1.22. The number of ether oxygens (including phenoxy) is 2. The van der Waals surface area contributed by atoms with Crippen LogP contribution in [0.25, 0.3) is 0 Å². The molecule has 7 heteroatoms. The third-order valence-corrected chi connectivity index (χ3v) is 3.04. The molecule has 0 atom stereocenters. The number of nitrogens with one attached hydrogen (secondary N) is 1. The molecule has 132 valence electrons. The highest BCUT2D eigenvalue weighted by Gasteiger charge is 2.05. The number of aliphatic imine (C=N–C) groups is 1. The molecule has 1 rings (SSSR count). The third kappa shape index (κ3) is 8.85. The molecule has 0 aliphatic carbocycles. The van der Waals surface area contributed by atoms with E-state index in [0.29, 0.717) is 29.9 Å². The second-order valence-electron chi connectivity index (χ2n) is 5.37. The van der Waals surface area contributed by atoms with Crippen molar-refractivity contribution in [2.24, 2.45) is 16.6 Å². The van der Waals surface area contributed by atoms with Crippen LogP contribution in [0.1, 0.15) is 25.8 Å². The fraction of sp³-hybridized carbons (Fsp3) is 0.562. The predicted octanol–water partition coefficient (Wildman–Crippen LogP) is 2.13. The van der Waals surface area contributed by atoms with Crippen molar-refractivity contribution in [3.63, 3.8) is 0 Å². The number of aliphatic hydroxyl groups is 1. The first-order valence-corrected chi connectivity index (χ1v) is 7.51. The number of benzene rings is 1. The van der Waals surface area contributed by atoms with Crippen molar-refractivity contribution in [2.45, 2.75) is 26.8 Å². The van der Waals surface area contributed by atoms with Gasteiger partial charge in [-0.05, 0) is 30.0 Å². The highest BCUT2D eigenvalue weighted by atomic mass is 127. The Kier molecular flexibility index (Phi) is 11.6.